The molecule has 2 N–H and O–H groups in total. The minimum Gasteiger partial charge on any atom is -0.377 e. The molecular formula is C18H16BrClN2. The summed E-state index contributed by atoms with van der Waals surface area (Å²) in [7, 11) is 0. The predicted octanol–water partition coefficient (Wildman–Crippen LogP) is 6.07. The molecule has 0 bridgehead atoms. The number of aromatic nitrogens is 1. The molecule has 3 aromatic rings. The SMILES string of the molecule is Clc1cccc(NC2CCCc3c2[nH]c2ccc(Br)cc32)c1. The quantitative estimate of drug-likeness (QED) is 0.558. The molecule has 0 fully saturated rings. The van der Waals surface area contributed by atoms with Gasteiger partial charge in [0.25, 0.3) is 0 Å². The van der Waals surface area contributed by atoms with Crippen LogP contribution in [-0.2, 0) is 6.42 Å². The van der Waals surface area contributed by atoms with E-state index in [-0.39, 0.29) is 0 Å². The lowest BCUT2D eigenvalue weighted by Gasteiger charge is -2.25. The van der Waals surface area contributed by atoms with E-state index in [1.807, 2.05) is 18.2 Å². The number of H-pyrrole nitrogens is 1. The molecule has 0 radical (unpaired) electrons. The van der Waals surface area contributed by atoms with Crippen molar-refractivity contribution in [1.82, 2.24) is 4.98 Å². The molecule has 4 heteroatoms. The first-order valence-corrected chi connectivity index (χ1v) is 8.70. The van der Waals surface area contributed by atoms with Crippen molar-refractivity contribution in [3.8, 4) is 0 Å². The number of benzene rings is 2. The average molecular weight is 376 g/mol. The van der Waals surface area contributed by atoms with Gasteiger partial charge in [-0.05, 0) is 61.2 Å². The van der Waals surface area contributed by atoms with Crippen LogP contribution in [0.25, 0.3) is 10.9 Å². The van der Waals surface area contributed by atoms with Gasteiger partial charge in [0.05, 0.1) is 6.04 Å². The smallest absolute Gasteiger partial charge is 0.0666 e. The van der Waals surface area contributed by atoms with E-state index in [4.69, 9.17) is 11.6 Å². The monoisotopic (exact) mass is 374 g/mol. The first-order chi connectivity index (χ1) is 10.7. The molecular weight excluding hydrogens is 360 g/mol. The molecule has 1 heterocycles. The topological polar surface area (TPSA) is 27.8 Å². The Morgan fingerprint density at radius 2 is 2.09 bits per heavy atom. The average Bonchev–Trinajstić information content (AvgIpc) is 2.87. The van der Waals surface area contributed by atoms with Crippen LogP contribution in [0.1, 0.15) is 30.1 Å². The van der Waals surface area contributed by atoms with Crippen LogP contribution in [-0.4, -0.2) is 4.98 Å². The van der Waals surface area contributed by atoms with Gasteiger partial charge in [-0.3, -0.25) is 0 Å². The summed E-state index contributed by atoms with van der Waals surface area (Å²) >= 11 is 9.67. The number of hydrogen-bond donors (Lipinski definition) is 2. The van der Waals surface area contributed by atoms with E-state index in [9.17, 15) is 0 Å². The van der Waals surface area contributed by atoms with E-state index < -0.39 is 0 Å². The second-order valence-corrected chi connectivity index (χ2v) is 7.16. The standard InChI is InChI=1S/C18H16BrClN2/c19-11-7-8-16-15(9-11)14-5-2-6-17(18(14)22-16)21-13-4-1-3-12(20)10-13/h1,3-4,7-10,17,21-22H,2,5-6H2. The summed E-state index contributed by atoms with van der Waals surface area (Å²) in [6, 6.07) is 14.7. The molecule has 1 aliphatic carbocycles. The minimum absolute atomic E-state index is 0.313. The van der Waals surface area contributed by atoms with Crippen molar-refractivity contribution in [3.63, 3.8) is 0 Å². The van der Waals surface area contributed by atoms with Gasteiger partial charge in [0.15, 0.2) is 0 Å². The van der Waals surface area contributed by atoms with Gasteiger partial charge < -0.3 is 10.3 Å². The van der Waals surface area contributed by atoms with Crippen molar-refractivity contribution < 1.29 is 0 Å². The van der Waals surface area contributed by atoms with Crippen molar-refractivity contribution in [2.24, 2.45) is 0 Å². The zero-order chi connectivity index (χ0) is 15.1. The maximum absolute atomic E-state index is 6.09. The zero-order valence-corrected chi connectivity index (χ0v) is 14.3. The predicted molar refractivity (Wildman–Crippen MR) is 96.8 cm³/mol. The van der Waals surface area contributed by atoms with E-state index in [0.29, 0.717) is 6.04 Å². The molecule has 4 rings (SSSR count). The molecule has 1 aromatic heterocycles. The van der Waals surface area contributed by atoms with Crippen molar-refractivity contribution in [2.45, 2.75) is 25.3 Å². The van der Waals surface area contributed by atoms with Crippen LogP contribution in [0.2, 0.25) is 5.02 Å². The molecule has 2 nitrogen and oxygen atoms in total. The number of halogens is 2. The summed E-state index contributed by atoms with van der Waals surface area (Å²) in [5, 5.41) is 5.73. The Kier molecular flexibility index (Phi) is 3.63. The van der Waals surface area contributed by atoms with Crippen LogP contribution in [0.5, 0.6) is 0 Å². The third-order valence-electron chi connectivity index (χ3n) is 4.33. The summed E-state index contributed by atoms with van der Waals surface area (Å²) in [4.78, 5) is 3.61. The Hall–Kier alpha value is -1.45. The summed E-state index contributed by atoms with van der Waals surface area (Å²) in [6.07, 6.45) is 3.47. The maximum atomic E-state index is 6.09. The van der Waals surface area contributed by atoms with Gasteiger partial charge in [0.2, 0.25) is 0 Å². The lowest BCUT2D eigenvalue weighted by Crippen LogP contribution is -2.17. The Morgan fingerprint density at radius 1 is 1.18 bits per heavy atom. The van der Waals surface area contributed by atoms with Gasteiger partial charge in [-0.15, -0.1) is 0 Å². The fraction of sp³-hybridized carbons (Fsp3) is 0.222. The van der Waals surface area contributed by atoms with Crippen molar-refractivity contribution >= 4 is 44.1 Å². The molecule has 22 heavy (non-hydrogen) atoms. The lowest BCUT2D eigenvalue weighted by molar-refractivity contribution is 0.593. The highest BCUT2D eigenvalue weighted by molar-refractivity contribution is 9.10. The molecule has 0 saturated heterocycles. The zero-order valence-electron chi connectivity index (χ0n) is 12.0. The van der Waals surface area contributed by atoms with Crippen molar-refractivity contribution in [1.29, 1.82) is 0 Å². The maximum Gasteiger partial charge on any atom is 0.0666 e. The Morgan fingerprint density at radius 3 is 2.95 bits per heavy atom. The number of rotatable bonds is 2. The van der Waals surface area contributed by atoms with Crippen molar-refractivity contribution in [2.75, 3.05) is 5.32 Å². The van der Waals surface area contributed by atoms with Crippen molar-refractivity contribution in [3.05, 3.63) is 63.2 Å². The Labute approximate surface area is 143 Å². The molecule has 0 aliphatic heterocycles. The van der Waals surface area contributed by atoms with E-state index in [0.717, 1.165) is 28.0 Å². The summed E-state index contributed by atoms with van der Waals surface area (Å²) in [5.74, 6) is 0. The van der Waals surface area contributed by atoms with Crippen LogP contribution < -0.4 is 5.32 Å². The summed E-state index contributed by atoms with van der Waals surface area (Å²) in [5.41, 5.74) is 5.06. The highest BCUT2D eigenvalue weighted by atomic mass is 79.9. The number of aryl methyl sites for hydroxylation is 1. The lowest BCUT2D eigenvalue weighted by atomic mass is 9.91. The van der Waals surface area contributed by atoms with Gasteiger partial charge in [-0.1, -0.05) is 33.6 Å². The molecule has 1 unspecified atom stereocenters. The van der Waals surface area contributed by atoms with Gasteiger partial charge in [-0.25, -0.2) is 0 Å². The number of anilines is 1. The van der Waals surface area contributed by atoms with E-state index in [2.05, 4.69) is 50.5 Å². The normalized spacial score (nSPS) is 17.5. The fourth-order valence-electron chi connectivity index (χ4n) is 3.36. The number of hydrogen-bond acceptors (Lipinski definition) is 1. The van der Waals surface area contributed by atoms with Gasteiger partial charge in [-0.2, -0.15) is 0 Å². The van der Waals surface area contributed by atoms with Gasteiger partial charge in [0, 0.05) is 31.8 Å². The van der Waals surface area contributed by atoms with Crippen LogP contribution >= 0.6 is 27.5 Å². The number of fused-ring (bicyclic) bond motifs is 3. The fourth-order valence-corrected chi connectivity index (χ4v) is 3.91. The molecule has 0 amide bonds. The number of nitrogens with one attached hydrogen (secondary N) is 2. The van der Waals surface area contributed by atoms with E-state index in [1.54, 1.807) is 0 Å². The summed E-state index contributed by atoms with van der Waals surface area (Å²) < 4.78 is 1.13. The van der Waals surface area contributed by atoms with Gasteiger partial charge >= 0.3 is 0 Å². The molecule has 1 aliphatic rings. The summed E-state index contributed by atoms with van der Waals surface area (Å²) in [6.45, 7) is 0. The molecule has 2 aromatic carbocycles. The first kappa shape index (κ1) is 14.2. The van der Waals surface area contributed by atoms with Crippen LogP contribution in [0.15, 0.2) is 46.9 Å². The first-order valence-electron chi connectivity index (χ1n) is 7.53. The highest BCUT2D eigenvalue weighted by Gasteiger charge is 2.24. The second kappa shape index (κ2) is 5.64. The third kappa shape index (κ3) is 2.53. The Balaban J connectivity index is 1.74. The van der Waals surface area contributed by atoms with Crippen LogP contribution in [0.3, 0.4) is 0 Å². The molecule has 0 saturated carbocycles. The second-order valence-electron chi connectivity index (χ2n) is 5.81. The van der Waals surface area contributed by atoms with Gasteiger partial charge in [0.1, 0.15) is 0 Å². The highest BCUT2D eigenvalue weighted by Crippen LogP contribution is 2.37. The minimum atomic E-state index is 0.313. The number of aromatic amines is 1. The Bertz CT molecular complexity index is 840. The van der Waals surface area contributed by atoms with Crippen LogP contribution in [0, 0.1) is 0 Å². The van der Waals surface area contributed by atoms with Crippen LogP contribution in [0.4, 0.5) is 5.69 Å². The molecule has 0 spiro atoms. The van der Waals surface area contributed by atoms with E-state index >= 15 is 0 Å². The van der Waals surface area contributed by atoms with E-state index in [1.165, 1.54) is 28.6 Å². The molecule has 1 atom stereocenters. The third-order valence-corrected chi connectivity index (χ3v) is 5.06. The molecule has 112 valence electrons. The largest absolute Gasteiger partial charge is 0.377 e.